The summed E-state index contributed by atoms with van der Waals surface area (Å²) in [4.78, 5) is 1.69. The second kappa shape index (κ2) is 4.51. The molecule has 86 valence electrons. The van der Waals surface area contributed by atoms with Gasteiger partial charge in [0.05, 0.1) is 16.9 Å². The molecule has 0 aromatic carbocycles. The minimum Gasteiger partial charge on any atom is -0.362 e. The number of nitrogen functional groups attached to an aromatic ring is 1. The Morgan fingerprint density at radius 1 is 1.53 bits per heavy atom. The van der Waals surface area contributed by atoms with E-state index in [4.69, 9.17) is 10.3 Å². The summed E-state index contributed by atoms with van der Waals surface area (Å²) < 4.78 is 4.87. The summed E-state index contributed by atoms with van der Waals surface area (Å²) in [7, 11) is 0. The lowest BCUT2D eigenvalue weighted by atomic mass is 10.1. The summed E-state index contributed by atoms with van der Waals surface area (Å²) in [5.41, 5.74) is 5.51. The molecule has 0 saturated carbocycles. The fraction of sp³-hybridized carbons (Fsp3) is 0.800. The average molecular weight is 213 g/mol. The Balaban J connectivity index is 2.81. The molecule has 0 fully saturated rings. The zero-order chi connectivity index (χ0) is 11.5. The predicted molar refractivity (Wildman–Crippen MR) is 58.9 cm³/mol. The summed E-state index contributed by atoms with van der Waals surface area (Å²) in [5, 5.41) is 6.01. The Kier molecular flexibility index (Phi) is 3.55. The van der Waals surface area contributed by atoms with Gasteiger partial charge in [0, 0.05) is 0 Å². The van der Waals surface area contributed by atoms with Crippen molar-refractivity contribution in [2.75, 3.05) is 17.3 Å². The van der Waals surface area contributed by atoms with E-state index in [1.165, 1.54) is 0 Å². The Morgan fingerprint density at radius 3 is 2.60 bits per heavy atom. The van der Waals surface area contributed by atoms with Gasteiger partial charge in [0.1, 0.15) is 0 Å². The minimum atomic E-state index is 0.00313. The number of hydrogen-bond donors (Lipinski definition) is 1. The van der Waals surface area contributed by atoms with Crippen molar-refractivity contribution in [1.29, 1.82) is 0 Å². The Hall–Kier alpha value is -1.26. The van der Waals surface area contributed by atoms with Gasteiger partial charge in [0.15, 0.2) is 0 Å². The monoisotopic (exact) mass is 213 g/mol. The van der Waals surface area contributed by atoms with E-state index in [0.717, 1.165) is 19.4 Å². The fourth-order valence-electron chi connectivity index (χ4n) is 1.42. The summed E-state index contributed by atoms with van der Waals surface area (Å²) >= 11 is 0. The molecule has 1 heterocycles. The van der Waals surface area contributed by atoms with Crippen molar-refractivity contribution in [3.05, 3.63) is 6.20 Å². The molecule has 1 aromatic heterocycles. The van der Waals surface area contributed by atoms with Gasteiger partial charge in [-0.3, -0.25) is 4.52 Å². The van der Waals surface area contributed by atoms with Crippen LogP contribution in [0.5, 0.6) is 0 Å². The highest BCUT2D eigenvalue weighted by atomic mass is 16.5. The molecule has 0 radical (unpaired) electrons. The van der Waals surface area contributed by atoms with Crippen LogP contribution in [0.1, 0.15) is 40.5 Å². The van der Waals surface area contributed by atoms with Gasteiger partial charge in [-0.1, -0.05) is 13.3 Å². The summed E-state index contributed by atoms with van der Waals surface area (Å²) in [6.45, 7) is 9.53. The molecule has 2 N–H and O–H groups in total. The zero-order valence-corrected chi connectivity index (χ0v) is 10.0. The molecule has 5 nitrogen and oxygen atoms in total. The molecule has 5 heteroatoms. The first-order valence-corrected chi connectivity index (χ1v) is 5.37. The van der Waals surface area contributed by atoms with Gasteiger partial charge < -0.3 is 5.73 Å². The zero-order valence-electron chi connectivity index (χ0n) is 10.0. The number of hydrogen-bond acceptors (Lipinski definition) is 4. The van der Waals surface area contributed by atoms with E-state index in [2.05, 4.69) is 38.0 Å². The number of rotatable bonds is 4. The molecule has 0 atom stereocenters. The van der Waals surface area contributed by atoms with Gasteiger partial charge in [-0.2, -0.15) is 0 Å². The molecule has 0 unspecified atom stereocenters. The van der Waals surface area contributed by atoms with E-state index < -0.39 is 0 Å². The molecule has 0 spiro atoms. The van der Waals surface area contributed by atoms with Crippen LogP contribution < -0.4 is 15.5 Å². The Morgan fingerprint density at radius 2 is 2.20 bits per heavy atom. The van der Waals surface area contributed by atoms with Gasteiger partial charge in [-0.25, -0.2) is 0 Å². The molecule has 0 aliphatic carbocycles. The van der Waals surface area contributed by atoms with Crippen LogP contribution in [0.4, 0.5) is 5.88 Å². The van der Waals surface area contributed by atoms with Crippen molar-refractivity contribution in [3.63, 3.8) is 0 Å². The van der Waals surface area contributed by atoms with Gasteiger partial charge in [-0.05, 0) is 27.2 Å². The largest absolute Gasteiger partial charge is 0.362 e. The quantitative estimate of drug-likeness (QED) is 0.760. The van der Waals surface area contributed by atoms with Crippen molar-refractivity contribution >= 4 is 5.88 Å². The van der Waals surface area contributed by atoms with Crippen molar-refractivity contribution in [2.24, 2.45) is 0 Å². The van der Waals surface area contributed by atoms with E-state index in [9.17, 15) is 0 Å². The molecule has 0 aliphatic rings. The molecule has 0 bridgehead atoms. The van der Waals surface area contributed by atoms with Gasteiger partial charge in [0.2, 0.25) is 5.27 Å². The number of unbranched alkanes of at least 4 members (excludes halogenated alkanes) is 1. The first-order chi connectivity index (χ1) is 6.95. The minimum absolute atomic E-state index is 0.00313. The standard InChI is InChI=1S/C10H21N4O/c1-5-6-7-13(10(2,3)4)14-8-9(11)15-12-14/h8H,5-7,11H2,1-4H3/q+1. The van der Waals surface area contributed by atoms with Gasteiger partial charge >= 0.3 is 0 Å². The Labute approximate surface area is 90.8 Å². The van der Waals surface area contributed by atoms with E-state index in [-0.39, 0.29) is 5.54 Å². The van der Waals surface area contributed by atoms with Gasteiger partial charge in [0.25, 0.3) is 12.1 Å². The lowest BCUT2D eigenvalue weighted by Crippen LogP contribution is -2.67. The molecule has 15 heavy (non-hydrogen) atoms. The maximum atomic E-state index is 5.51. The fourth-order valence-corrected chi connectivity index (χ4v) is 1.42. The first-order valence-electron chi connectivity index (χ1n) is 5.37. The molecule has 0 aliphatic heterocycles. The van der Waals surface area contributed by atoms with Crippen LogP contribution in [-0.2, 0) is 0 Å². The third-order valence-corrected chi connectivity index (χ3v) is 2.22. The number of anilines is 1. The van der Waals surface area contributed by atoms with Crippen LogP contribution >= 0.6 is 0 Å². The SMILES string of the molecule is CCCCN([n+]1cc(N)on1)C(C)(C)C. The number of nitrogens with zero attached hydrogens (tertiary/aromatic N) is 3. The van der Waals surface area contributed by atoms with E-state index in [0.29, 0.717) is 5.88 Å². The third kappa shape index (κ3) is 3.11. The van der Waals surface area contributed by atoms with Crippen molar-refractivity contribution in [2.45, 2.75) is 46.1 Å². The topological polar surface area (TPSA) is 59.2 Å². The first kappa shape index (κ1) is 11.8. The van der Waals surface area contributed by atoms with Crippen LogP contribution in [-0.4, -0.2) is 17.4 Å². The predicted octanol–water partition coefficient (Wildman–Crippen LogP) is 1.08. The van der Waals surface area contributed by atoms with E-state index >= 15 is 0 Å². The summed E-state index contributed by atoms with van der Waals surface area (Å²) in [5.74, 6) is 0.334. The normalized spacial score (nSPS) is 11.7. The number of nitrogens with two attached hydrogens (primary N) is 1. The second-order valence-corrected chi connectivity index (χ2v) is 4.67. The summed E-state index contributed by atoms with van der Waals surface area (Å²) in [6, 6.07) is 0. The lowest BCUT2D eigenvalue weighted by molar-refractivity contribution is -0.765. The maximum absolute atomic E-state index is 5.51. The van der Waals surface area contributed by atoms with E-state index in [1.807, 2.05) is 0 Å². The lowest BCUT2D eigenvalue weighted by Gasteiger charge is -2.27. The third-order valence-electron chi connectivity index (χ3n) is 2.22. The number of aromatic nitrogens is 2. The van der Waals surface area contributed by atoms with Crippen LogP contribution in [0.3, 0.4) is 0 Å². The van der Waals surface area contributed by atoms with Crippen LogP contribution in [0.2, 0.25) is 0 Å². The second-order valence-electron chi connectivity index (χ2n) is 4.67. The summed E-state index contributed by atoms with van der Waals surface area (Å²) in [6.07, 6.45) is 3.97. The van der Waals surface area contributed by atoms with Crippen molar-refractivity contribution in [1.82, 2.24) is 5.27 Å². The highest BCUT2D eigenvalue weighted by molar-refractivity contribution is 5.11. The van der Waals surface area contributed by atoms with Crippen molar-refractivity contribution < 1.29 is 9.31 Å². The highest BCUT2D eigenvalue weighted by Crippen LogP contribution is 2.09. The van der Waals surface area contributed by atoms with Crippen molar-refractivity contribution in [3.8, 4) is 0 Å². The van der Waals surface area contributed by atoms with Crippen LogP contribution in [0.25, 0.3) is 0 Å². The van der Waals surface area contributed by atoms with Crippen LogP contribution in [0, 0.1) is 0 Å². The molecular formula is C10H21N4O+. The van der Waals surface area contributed by atoms with Crippen LogP contribution in [0.15, 0.2) is 10.7 Å². The Bertz CT molecular complexity index is 303. The molecule has 1 rings (SSSR count). The molecule has 1 aromatic rings. The highest BCUT2D eigenvalue weighted by Gasteiger charge is 2.30. The average Bonchev–Trinajstić information content (AvgIpc) is 2.50. The van der Waals surface area contributed by atoms with Gasteiger partial charge in [-0.15, -0.1) is 5.01 Å². The molecule has 0 saturated heterocycles. The molecule has 0 amide bonds. The van der Waals surface area contributed by atoms with E-state index in [1.54, 1.807) is 11.0 Å². The molecular weight excluding hydrogens is 192 g/mol. The maximum Gasteiger partial charge on any atom is 0.296 e. The smallest absolute Gasteiger partial charge is 0.296 e.